The number of hydrogen-bond acceptors (Lipinski definition) is 6. The van der Waals surface area contributed by atoms with E-state index in [0.29, 0.717) is 4.90 Å². The van der Waals surface area contributed by atoms with Crippen molar-refractivity contribution >= 4 is 29.4 Å². The van der Waals surface area contributed by atoms with Crippen molar-refractivity contribution in [2.75, 3.05) is 0 Å². The summed E-state index contributed by atoms with van der Waals surface area (Å²) in [5, 5.41) is 21.0. The summed E-state index contributed by atoms with van der Waals surface area (Å²) in [7, 11) is 0. The van der Waals surface area contributed by atoms with E-state index in [0.717, 1.165) is 0 Å². The summed E-state index contributed by atoms with van der Waals surface area (Å²) in [6, 6.07) is 1.03. The Hall–Kier alpha value is -3.30. The first kappa shape index (κ1) is 20.0. The summed E-state index contributed by atoms with van der Waals surface area (Å²) >= 11 is 0. The normalized spacial score (nSPS) is 14.9. The van der Waals surface area contributed by atoms with Gasteiger partial charge in [0.2, 0.25) is 5.91 Å². The van der Waals surface area contributed by atoms with Gasteiger partial charge in [-0.05, 0) is 17.9 Å². The summed E-state index contributed by atoms with van der Waals surface area (Å²) in [6.07, 6.45) is -0.740. The van der Waals surface area contributed by atoms with Crippen LogP contribution in [0, 0.1) is 10.1 Å². The molecule has 0 saturated carbocycles. The number of nitro benzene ring substituents is 1. The third-order valence-electron chi connectivity index (χ3n) is 4.31. The van der Waals surface area contributed by atoms with Gasteiger partial charge in [-0.2, -0.15) is 0 Å². The van der Waals surface area contributed by atoms with Crippen LogP contribution in [-0.4, -0.2) is 44.7 Å². The molecule has 1 aromatic rings. The van der Waals surface area contributed by atoms with E-state index in [2.05, 4.69) is 0 Å². The van der Waals surface area contributed by atoms with E-state index in [4.69, 9.17) is 5.73 Å². The van der Waals surface area contributed by atoms with Gasteiger partial charge in [0.15, 0.2) is 0 Å². The number of nitro groups is 1. The minimum absolute atomic E-state index is 0.231. The number of fused-ring (bicyclic) bond motifs is 1. The van der Waals surface area contributed by atoms with E-state index < -0.39 is 51.3 Å². The Kier molecular flexibility index (Phi) is 5.03. The Balaban J connectivity index is 2.63. The van der Waals surface area contributed by atoms with Gasteiger partial charge in [-0.15, -0.1) is 0 Å². The highest BCUT2D eigenvalue weighted by molar-refractivity contribution is 6.24. The van der Waals surface area contributed by atoms with Crippen molar-refractivity contribution in [3.05, 3.63) is 38.9 Å². The molecule has 0 fully saturated rings. The number of aliphatic carboxylic acids is 1. The first-order valence-corrected chi connectivity index (χ1v) is 8.08. The summed E-state index contributed by atoms with van der Waals surface area (Å²) in [4.78, 5) is 59.3. The second kappa shape index (κ2) is 6.78. The fourth-order valence-corrected chi connectivity index (χ4v) is 3.05. The van der Waals surface area contributed by atoms with Crippen molar-refractivity contribution < 1.29 is 29.2 Å². The van der Waals surface area contributed by atoms with E-state index in [1.165, 1.54) is 12.1 Å². The number of carboxylic acid groups (broad SMARTS) is 1. The molecule has 1 atom stereocenters. The van der Waals surface area contributed by atoms with Gasteiger partial charge in [0, 0.05) is 12.0 Å². The third-order valence-corrected chi connectivity index (χ3v) is 4.31. The van der Waals surface area contributed by atoms with E-state index in [1.54, 1.807) is 20.8 Å². The molecule has 144 valence electrons. The number of imide groups is 1. The van der Waals surface area contributed by atoms with Crippen molar-refractivity contribution in [2.45, 2.75) is 45.1 Å². The van der Waals surface area contributed by atoms with E-state index in [9.17, 15) is 34.4 Å². The minimum Gasteiger partial charge on any atom is -0.480 e. The second-order valence-corrected chi connectivity index (χ2v) is 7.23. The number of benzene rings is 1. The number of nitrogens with two attached hydrogens (primary N) is 1. The van der Waals surface area contributed by atoms with Crippen LogP contribution in [0.15, 0.2) is 12.1 Å². The van der Waals surface area contributed by atoms with Gasteiger partial charge in [0.25, 0.3) is 17.5 Å². The molecule has 27 heavy (non-hydrogen) atoms. The maximum atomic E-state index is 12.8. The van der Waals surface area contributed by atoms with Crippen molar-refractivity contribution in [2.24, 2.45) is 5.73 Å². The van der Waals surface area contributed by atoms with Crippen molar-refractivity contribution in [1.82, 2.24) is 4.90 Å². The molecule has 0 bridgehead atoms. The fourth-order valence-electron chi connectivity index (χ4n) is 3.05. The summed E-state index contributed by atoms with van der Waals surface area (Å²) in [6.45, 7) is 5.15. The summed E-state index contributed by atoms with van der Waals surface area (Å²) in [5.41, 5.74) is 3.40. The molecule has 2 rings (SSSR count). The molecule has 1 aromatic carbocycles. The molecule has 0 unspecified atom stereocenters. The van der Waals surface area contributed by atoms with Crippen LogP contribution >= 0.6 is 0 Å². The maximum Gasteiger partial charge on any atom is 0.326 e. The first-order chi connectivity index (χ1) is 12.4. The van der Waals surface area contributed by atoms with Crippen LogP contribution in [0.5, 0.6) is 0 Å². The summed E-state index contributed by atoms with van der Waals surface area (Å²) in [5.74, 6) is -4.32. The van der Waals surface area contributed by atoms with Crippen molar-refractivity contribution in [3.63, 3.8) is 0 Å². The van der Waals surface area contributed by atoms with Crippen molar-refractivity contribution in [3.8, 4) is 0 Å². The molecule has 1 aliphatic rings. The first-order valence-electron chi connectivity index (χ1n) is 8.08. The topological polar surface area (TPSA) is 161 Å². The Labute approximate surface area is 154 Å². The largest absolute Gasteiger partial charge is 0.480 e. The number of primary amides is 1. The van der Waals surface area contributed by atoms with Crippen LogP contribution < -0.4 is 5.73 Å². The Morgan fingerprint density at radius 1 is 1.26 bits per heavy atom. The number of carbonyl (C=O) groups is 4. The van der Waals surface area contributed by atoms with Gasteiger partial charge in [0.1, 0.15) is 11.6 Å². The fraction of sp³-hybridized carbons (Fsp3) is 0.412. The molecule has 1 aliphatic heterocycles. The van der Waals surface area contributed by atoms with Gasteiger partial charge in [0.05, 0.1) is 10.5 Å². The monoisotopic (exact) mass is 377 g/mol. The lowest BCUT2D eigenvalue weighted by atomic mass is 9.83. The molecule has 3 amide bonds. The third kappa shape index (κ3) is 3.50. The number of carbonyl (C=O) groups excluding carboxylic acids is 3. The van der Waals surface area contributed by atoms with E-state index in [1.807, 2.05) is 0 Å². The summed E-state index contributed by atoms with van der Waals surface area (Å²) < 4.78 is 0. The molecule has 0 aliphatic carbocycles. The smallest absolute Gasteiger partial charge is 0.326 e. The lowest BCUT2D eigenvalue weighted by Crippen LogP contribution is -2.45. The Bertz CT molecular complexity index is 870. The SMILES string of the molecule is CC(C)(C)c1ccc2c(c1[N+](=O)[O-])C(=O)N([C@H](CCC(N)=O)C(=O)O)C2=O. The Morgan fingerprint density at radius 3 is 2.30 bits per heavy atom. The van der Waals surface area contributed by atoms with Gasteiger partial charge in [-0.1, -0.05) is 26.8 Å². The lowest BCUT2D eigenvalue weighted by molar-refractivity contribution is -0.386. The van der Waals surface area contributed by atoms with Gasteiger partial charge >= 0.3 is 5.97 Å². The molecule has 0 saturated heterocycles. The van der Waals surface area contributed by atoms with Crippen LogP contribution in [0.4, 0.5) is 5.69 Å². The highest BCUT2D eigenvalue weighted by Crippen LogP contribution is 2.40. The molecule has 3 N–H and O–H groups in total. The zero-order valence-corrected chi connectivity index (χ0v) is 15.0. The maximum absolute atomic E-state index is 12.8. The lowest BCUT2D eigenvalue weighted by Gasteiger charge is -2.22. The molecule has 10 heteroatoms. The van der Waals surface area contributed by atoms with E-state index >= 15 is 0 Å². The number of carboxylic acids is 1. The predicted molar refractivity (Wildman–Crippen MR) is 92.1 cm³/mol. The van der Waals surface area contributed by atoms with Crippen LogP contribution in [0.3, 0.4) is 0 Å². The average molecular weight is 377 g/mol. The second-order valence-electron chi connectivity index (χ2n) is 7.23. The quantitative estimate of drug-likeness (QED) is 0.428. The van der Waals surface area contributed by atoms with Gasteiger partial charge < -0.3 is 10.8 Å². The molecular weight excluding hydrogens is 358 g/mol. The Morgan fingerprint density at radius 2 is 1.85 bits per heavy atom. The van der Waals surface area contributed by atoms with Crippen LogP contribution in [0.2, 0.25) is 0 Å². The standard InChI is InChI=1S/C17H19N3O7/c1-17(2,3)9-5-4-8-12(13(9)20(26)27)15(23)19(14(8)22)10(16(24)25)6-7-11(18)21/h4-5,10H,6-7H2,1-3H3,(H2,18,21)(H,24,25)/t10-/m1/s1. The minimum atomic E-state index is -1.65. The predicted octanol–water partition coefficient (Wildman–Crippen LogP) is 1.21. The number of rotatable bonds is 6. The number of amides is 3. The average Bonchev–Trinajstić information content (AvgIpc) is 2.78. The van der Waals surface area contributed by atoms with Crippen molar-refractivity contribution in [1.29, 1.82) is 0 Å². The van der Waals surface area contributed by atoms with E-state index in [-0.39, 0.29) is 24.0 Å². The molecule has 0 aromatic heterocycles. The highest BCUT2D eigenvalue weighted by Gasteiger charge is 2.48. The number of nitrogens with zero attached hydrogens (tertiary/aromatic N) is 2. The molecule has 0 radical (unpaired) electrons. The van der Waals surface area contributed by atoms with Gasteiger partial charge in [-0.25, -0.2) is 4.79 Å². The van der Waals surface area contributed by atoms with Crippen LogP contribution in [-0.2, 0) is 15.0 Å². The van der Waals surface area contributed by atoms with Gasteiger partial charge in [-0.3, -0.25) is 29.4 Å². The van der Waals surface area contributed by atoms with Crippen LogP contribution in [0.1, 0.15) is 59.9 Å². The zero-order chi connectivity index (χ0) is 20.7. The molecule has 10 nitrogen and oxygen atoms in total. The number of hydrogen-bond donors (Lipinski definition) is 2. The zero-order valence-electron chi connectivity index (χ0n) is 15.0. The molecular formula is C17H19N3O7. The molecule has 1 heterocycles. The van der Waals surface area contributed by atoms with Crippen LogP contribution in [0.25, 0.3) is 0 Å². The molecule has 0 spiro atoms. The highest BCUT2D eigenvalue weighted by atomic mass is 16.6.